The lowest BCUT2D eigenvalue weighted by atomic mass is 9.42. The molecule has 0 amide bonds. The Balaban J connectivity index is 1.38. The van der Waals surface area contributed by atoms with Crippen molar-refractivity contribution in [2.45, 2.75) is 43.2 Å². The summed E-state index contributed by atoms with van der Waals surface area (Å²) in [5.74, 6) is -0.188. The van der Waals surface area contributed by atoms with Crippen LogP contribution in [0.25, 0.3) is 0 Å². The molecule has 1 spiro atoms. The normalized spacial score (nSPS) is 34.6. The Labute approximate surface area is 238 Å². The first-order valence-electron chi connectivity index (χ1n) is 13.9. The Morgan fingerprint density at radius 3 is 2.49 bits per heavy atom. The summed E-state index contributed by atoms with van der Waals surface area (Å²) in [4.78, 5) is 30.5. The molecule has 41 heavy (non-hydrogen) atoms. The molecule has 4 fully saturated rings. The molecule has 3 saturated heterocycles. The number of piperidine rings is 2. The monoisotopic (exact) mass is 562 g/mol. The maximum absolute atomic E-state index is 14.4. The first kappa shape index (κ1) is 26.2. The minimum absolute atomic E-state index is 0.0611. The molecule has 4 bridgehead atoms. The number of anilines is 1. The fraction of sp³-hybridized carbons (Fsp3) is 0.484. The number of carbonyl (C=O) groups excluding carboxylic acids is 2. The third-order valence-electron chi connectivity index (χ3n) is 10.3. The minimum atomic E-state index is -1.24. The van der Waals surface area contributed by atoms with Crippen LogP contribution in [0, 0.1) is 11.3 Å². The summed E-state index contributed by atoms with van der Waals surface area (Å²) in [6.07, 6.45) is 3.18. The Morgan fingerprint density at radius 2 is 1.83 bits per heavy atom. The van der Waals surface area contributed by atoms with E-state index in [2.05, 4.69) is 22.4 Å². The largest absolute Gasteiger partial charge is 0.493 e. The number of benzene rings is 2. The van der Waals surface area contributed by atoms with Crippen LogP contribution >= 0.6 is 0 Å². The van der Waals surface area contributed by atoms with E-state index in [4.69, 9.17) is 28.4 Å². The molecule has 1 N–H and O–H groups in total. The molecular weight excluding hydrogens is 528 g/mol. The van der Waals surface area contributed by atoms with E-state index in [0.717, 1.165) is 16.8 Å². The van der Waals surface area contributed by atoms with Gasteiger partial charge in [0.2, 0.25) is 5.75 Å². The molecule has 0 unspecified atom stereocenters. The fourth-order valence-corrected chi connectivity index (χ4v) is 8.76. The van der Waals surface area contributed by atoms with Crippen molar-refractivity contribution in [3.63, 3.8) is 0 Å². The maximum atomic E-state index is 14.4. The maximum Gasteiger partial charge on any atom is 0.338 e. The summed E-state index contributed by atoms with van der Waals surface area (Å²) in [5, 5.41) is 3.73. The van der Waals surface area contributed by atoms with Crippen LogP contribution in [0.3, 0.4) is 0 Å². The van der Waals surface area contributed by atoms with Crippen LogP contribution in [-0.2, 0) is 24.4 Å². The average molecular weight is 563 g/mol. The number of allylic oxidation sites excluding steroid dienone is 1. The van der Waals surface area contributed by atoms with Gasteiger partial charge in [-0.1, -0.05) is 29.8 Å². The summed E-state index contributed by atoms with van der Waals surface area (Å²) < 4.78 is 35.0. The highest BCUT2D eigenvalue weighted by Gasteiger charge is 2.87. The zero-order chi connectivity index (χ0) is 28.7. The van der Waals surface area contributed by atoms with E-state index in [1.165, 1.54) is 28.4 Å². The first-order valence-corrected chi connectivity index (χ1v) is 13.9. The molecule has 6 atom stereocenters. The average Bonchev–Trinajstić information content (AvgIpc) is 3.62. The van der Waals surface area contributed by atoms with Gasteiger partial charge in [0, 0.05) is 24.6 Å². The van der Waals surface area contributed by atoms with E-state index in [1.807, 2.05) is 25.1 Å². The van der Waals surface area contributed by atoms with E-state index in [0.29, 0.717) is 36.6 Å². The Bertz CT molecular complexity index is 1470. The lowest BCUT2D eigenvalue weighted by Gasteiger charge is -2.64. The van der Waals surface area contributed by atoms with E-state index in [-0.39, 0.29) is 30.4 Å². The lowest BCUT2D eigenvalue weighted by molar-refractivity contribution is -0.191. The first-order chi connectivity index (χ1) is 19.8. The third kappa shape index (κ3) is 2.94. The van der Waals surface area contributed by atoms with Crippen molar-refractivity contribution in [3.8, 4) is 17.2 Å². The smallest absolute Gasteiger partial charge is 0.338 e. The molecule has 1 saturated carbocycles. The van der Waals surface area contributed by atoms with Crippen LogP contribution in [0.5, 0.6) is 17.2 Å². The topological polar surface area (TPSA) is 105 Å². The molecular formula is C31H34N2O8. The van der Waals surface area contributed by atoms with E-state index < -0.39 is 28.5 Å². The predicted molar refractivity (Wildman–Crippen MR) is 147 cm³/mol. The molecule has 4 heterocycles. The van der Waals surface area contributed by atoms with Crippen LogP contribution in [0.2, 0.25) is 0 Å². The Kier molecular flexibility index (Phi) is 5.66. The van der Waals surface area contributed by atoms with Crippen molar-refractivity contribution in [2.75, 3.05) is 46.9 Å². The summed E-state index contributed by atoms with van der Waals surface area (Å²) >= 11 is 0. The Hall–Kier alpha value is -3.76. The van der Waals surface area contributed by atoms with Crippen LogP contribution in [-0.4, -0.2) is 76.4 Å². The quantitative estimate of drug-likeness (QED) is 0.398. The number of hydrogen-bond donors (Lipinski definition) is 1. The van der Waals surface area contributed by atoms with Gasteiger partial charge in [0.05, 0.1) is 45.5 Å². The number of nitrogens with one attached hydrogen (secondary N) is 1. The van der Waals surface area contributed by atoms with Crippen LogP contribution in [0.1, 0.15) is 35.7 Å². The van der Waals surface area contributed by atoms with Gasteiger partial charge in [-0.3, -0.25) is 9.69 Å². The number of esters is 2. The van der Waals surface area contributed by atoms with Crippen molar-refractivity contribution in [1.29, 1.82) is 0 Å². The van der Waals surface area contributed by atoms with Crippen LogP contribution in [0.15, 0.2) is 48.0 Å². The van der Waals surface area contributed by atoms with Gasteiger partial charge in [-0.2, -0.15) is 0 Å². The number of para-hydroxylation sites is 1. The molecule has 0 aromatic heterocycles. The van der Waals surface area contributed by atoms with Crippen molar-refractivity contribution in [1.82, 2.24) is 4.90 Å². The standard InChI is InChI=1S/C31H34N2O8/c1-6-17-15-33-24-13-20(17)29(28(35)39-5,16-40-27(34)18-11-22(36-2)26(38-4)23(12-18)37-3)30-14-25(33)41-31(24,30)32-21-10-8-7-9-19(21)30/h6-12,20,24-25,32H,13-16H2,1-5H3/t20-,24-,25-,29-,30-,31-/m0/s1. The lowest BCUT2D eigenvalue weighted by Crippen LogP contribution is -2.78. The van der Waals surface area contributed by atoms with E-state index >= 15 is 0 Å². The van der Waals surface area contributed by atoms with Gasteiger partial charge in [-0.05, 0) is 37.1 Å². The Morgan fingerprint density at radius 1 is 1.10 bits per heavy atom. The summed E-state index contributed by atoms with van der Waals surface area (Å²) in [6, 6.07) is 11.2. The molecule has 4 aliphatic heterocycles. The molecule has 216 valence electrons. The predicted octanol–water partition coefficient (Wildman–Crippen LogP) is 3.50. The molecule has 2 aromatic carbocycles. The van der Waals surface area contributed by atoms with Crippen LogP contribution < -0.4 is 19.5 Å². The molecule has 2 aromatic rings. The number of carbonyl (C=O) groups is 2. The van der Waals surface area contributed by atoms with E-state index in [1.54, 1.807) is 12.1 Å². The summed E-state index contributed by atoms with van der Waals surface area (Å²) in [7, 11) is 5.88. The number of nitrogens with zero attached hydrogens (tertiary/aromatic N) is 1. The van der Waals surface area contributed by atoms with Crippen LogP contribution in [0.4, 0.5) is 5.69 Å². The fourth-order valence-electron chi connectivity index (χ4n) is 8.76. The minimum Gasteiger partial charge on any atom is -0.493 e. The molecule has 5 aliphatic rings. The molecule has 7 rings (SSSR count). The number of rotatable bonds is 7. The van der Waals surface area contributed by atoms with E-state index in [9.17, 15) is 9.59 Å². The SMILES string of the molecule is CC=C1CN2[C@@H]3C[C@@]45c6ccccc6N[C@]4(O3)[C@@H]2C[C@@H]1[C@@]5(COC(=O)c1cc(OC)c(OC)c(OC)c1)C(=O)OC. The van der Waals surface area contributed by atoms with Crippen molar-refractivity contribution >= 4 is 17.6 Å². The molecule has 10 nitrogen and oxygen atoms in total. The van der Waals surface area contributed by atoms with Crippen molar-refractivity contribution in [2.24, 2.45) is 11.3 Å². The van der Waals surface area contributed by atoms with Gasteiger partial charge in [0.25, 0.3) is 0 Å². The highest BCUT2D eigenvalue weighted by Crippen LogP contribution is 2.76. The molecule has 0 radical (unpaired) electrons. The van der Waals surface area contributed by atoms with Gasteiger partial charge in [0.15, 0.2) is 17.2 Å². The number of fused-ring (bicyclic) bond motifs is 4. The molecule has 1 aliphatic carbocycles. The second-order valence-corrected chi connectivity index (χ2v) is 11.4. The van der Waals surface area contributed by atoms with Gasteiger partial charge in [-0.25, -0.2) is 4.79 Å². The summed E-state index contributed by atoms with van der Waals surface area (Å²) in [6.45, 7) is 2.51. The molecule has 10 heteroatoms. The van der Waals surface area contributed by atoms with Crippen molar-refractivity contribution < 1.29 is 38.0 Å². The van der Waals surface area contributed by atoms with Crippen molar-refractivity contribution in [3.05, 3.63) is 59.2 Å². The van der Waals surface area contributed by atoms with Gasteiger partial charge >= 0.3 is 11.9 Å². The summed E-state index contributed by atoms with van der Waals surface area (Å²) in [5.41, 5.74) is 0.387. The highest BCUT2D eigenvalue weighted by atomic mass is 16.6. The highest BCUT2D eigenvalue weighted by molar-refractivity contribution is 5.92. The third-order valence-corrected chi connectivity index (χ3v) is 10.3. The number of ether oxygens (including phenoxy) is 6. The zero-order valence-electron chi connectivity index (χ0n) is 23.8. The second-order valence-electron chi connectivity index (χ2n) is 11.4. The second kappa shape index (κ2) is 8.87. The number of methoxy groups -OCH3 is 4. The van der Waals surface area contributed by atoms with Gasteiger partial charge in [0.1, 0.15) is 18.2 Å². The van der Waals surface area contributed by atoms with Gasteiger partial charge in [-0.15, -0.1) is 0 Å². The zero-order valence-corrected chi connectivity index (χ0v) is 23.8. The van der Waals surface area contributed by atoms with Gasteiger partial charge < -0.3 is 33.7 Å². The number of hydrogen-bond acceptors (Lipinski definition) is 10.